The van der Waals surface area contributed by atoms with E-state index in [1.54, 1.807) is 24.5 Å². The first-order valence-corrected chi connectivity index (χ1v) is 4.55. The number of hydrogen-bond donors (Lipinski definition) is 0. The van der Waals surface area contributed by atoms with Gasteiger partial charge in [0.2, 0.25) is 0 Å². The summed E-state index contributed by atoms with van der Waals surface area (Å²) >= 11 is 0. The topological polar surface area (TPSA) is 74.0 Å². The van der Waals surface area contributed by atoms with Gasteiger partial charge in [0.25, 0.3) is 5.69 Å². The van der Waals surface area contributed by atoms with Crippen molar-refractivity contribution in [3.8, 4) is 0 Å². The van der Waals surface area contributed by atoms with Gasteiger partial charge in [0, 0.05) is 18.2 Å². The van der Waals surface area contributed by atoms with E-state index in [1.807, 2.05) is 6.07 Å². The van der Waals surface area contributed by atoms with E-state index in [2.05, 4.69) is 10.4 Å². The lowest BCUT2D eigenvalue weighted by Gasteiger charge is -2.07. The van der Waals surface area contributed by atoms with Gasteiger partial charge in [-0.3, -0.25) is 10.1 Å². The molecule has 0 aliphatic rings. The second-order valence-electron chi connectivity index (χ2n) is 2.96. The van der Waals surface area contributed by atoms with Crippen LogP contribution in [-0.2, 0) is 0 Å². The van der Waals surface area contributed by atoms with Crippen molar-refractivity contribution in [3.05, 3.63) is 64.5 Å². The highest BCUT2D eigenvalue weighted by Crippen LogP contribution is 2.25. The molecule has 0 aliphatic carbocycles. The minimum absolute atomic E-state index is 0.0868. The van der Waals surface area contributed by atoms with Crippen LogP contribution < -0.4 is 4.68 Å². The smallest absolute Gasteiger partial charge is 0.273 e. The molecular formula is C10H8N4O2. The van der Waals surface area contributed by atoms with E-state index in [-0.39, 0.29) is 11.5 Å². The minimum Gasteiger partial charge on any atom is -0.433 e. The van der Waals surface area contributed by atoms with Gasteiger partial charge in [-0.1, -0.05) is 18.3 Å². The van der Waals surface area contributed by atoms with Gasteiger partial charge in [-0.2, -0.15) is 5.43 Å². The second-order valence-corrected chi connectivity index (χ2v) is 2.96. The number of pyridine rings is 2. The molecule has 0 aliphatic heterocycles. The van der Waals surface area contributed by atoms with Crippen molar-refractivity contribution in [1.29, 1.82) is 0 Å². The van der Waals surface area contributed by atoms with Gasteiger partial charge >= 0.3 is 0 Å². The average Bonchev–Trinajstić information content (AvgIpc) is 2.31. The molecule has 6 nitrogen and oxygen atoms in total. The van der Waals surface area contributed by atoms with Gasteiger partial charge in [0.15, 0.2) is 12.4 Å². The van der Waals surface area contributed by atoms with Gasteiger partial charge in [-0.05, 0) is 0 Å². The molecule has 80 valence electrons. The number of nitro groups is 1. The van der Waals surface area contributed by atoms with Crippen LogP contribution in [-0.4, -0.2) is 9.91 Å². The number of rotatable bonds is 3. The van der Waals surface area contributed by atoms with Crippen LogP contribution in [0.5, 0.6) is 0 Å². The standard InChI is InChI=1S/C10H8N4O2/c15-14(16)9-5-4-6-11-10(9)12-13-7-2-1-3-8-13/h1-8H. The van der Waals surface area contributed by atoms with E-state index in [0.717, 1.165) is 0 Å². The summed E-state index contributed by atoms with van der Waals surface area (Å²) in [6.07, 6.45) is 4.83. The zero-order chi connectivity index (χ0) is 11.4. The van der Waals surface area contributed by atoms with Crippen LogP contribution in [0.1, 0.15) is 0 Å². The van der Waals surface area contributed by atoms with Gasteiger partial charge in [0.05, 0.1) is 10.7 Å². The summed E-state index contributed by atoms with van der Waals surface area (Å²) in [4.78, 5) is 14.1. The highest BCUT2D eigenvalue weighted by Gasteiger charge is 2.09. The van der Waals surface area contributed by atoms with Crippen LogP contribution in [0.3, 0.4) is 0 Å². The monoisotopic (exact) mass is 216 g/mol. The van der Waals surface area contributed by atoms with Crippen LogP contribution in [0.25, 0.3) is 5.43 Å². The fourth-order valence-corrected chi connectivity index (χ4v) is 1.17. The second kappa shape index (κ2) is 4.35. The third-order valence-electron chi connectivity index (χ3n) is 1.87. The highest BCUT2D eigenvalue weighted by atomic mass is 16.6. The predicted molar refractivity (Wildman–Crippen MR) is 55.9 cm³/mol. The van der Waals surface area contributed by atoms with E-state index >= 15 is 0 Å². The Balaban J connectivity index is 2.31. The van der Waals surface area contributed by atoms with Gasteiger partial charge in [-0.15, -0.1) is 4.68 Å². The van der Waals surface area contributed by atoms with Crippen molar-refractivity contribution in [1.82, 2.24) is 4.98 Å². The van der Waals surface area contributed by atoms with Crippen LogP contribution in [0.15, 0.2) is 48.9 Å². The number of hydrogen-bond acceptors (Lipinski definition) is 3. The minimum atomic E-state index is -0.505. The van der Waals surface area contributed by atoms with Crippen molar-refractivity contribution < 1.29 is 9.60 Å². The predicted octanol–water partition coefficient (Wildman–Crippen LogP) is 1.75. The lowest BCUT2D eigenvalue weighted by atomic mass is 10.4. The fourth-order valence-electron chi connectivity index (χ4n) is 1.17. The van der Waals surface area contributed by atoms with Gasteiger partial charge in [0.1, 0.15) is 0 Å². The molecule has 0 saturated heterocycles. The Morgan fingerprint density at radius 3 is 2.69 bits per heavy atom. The lowest BCUT2D eigenvalue weighted by Crippen LogP contribution is -2.26. The molecule has 2 heterocycles. The molecule has 0 fully saturated rings. The van der Waals surface area contributed by atoms with Crippen molar-refractivity contribution in [2.24, 2.45) is 0 Å². The molecule has 0 saturated carbocycles. The van der Waals surface area contributed by atoms with E-state index in [1.165, 1.54) is 23.0 Å². The summed E-state index contributed by atoms with van der Waals surface area (Å²) in [6.45, 7) is 0. The largest absolute Gasteiger partial charge is 0.433 e. The Morgan fingerprint density at radius 2 is 2.00 bits per heavy atom. The van der Waals surface area contributed by atoms with E-state index in [0.29, 0.717) is 0 Å². The first-order chi connectivity index (χ1) is 7.77. The highest BCUT2D eigenvalue weighted by molar-refractivity contribution is 5.56. The van der Waals surface area contributed by atoms with Crippen LogP contribution in [0.4, 0.5) is 11.5 Å². The maximum absolute atomic E-state index is 10.7. The molecule has 2 rings (SSSR count). The molecule has 0 unspecified atom stereocenters. The molecule has 0 bridgehead atoms. The van der Waals surface area contributed by atoms with Gasteiger partial charge in [-0.25, -0.2) is 0 Å². The molecule has 0 atom stereocenters. The summed E-state index contributed by atoms with van der Waals surface area (Å²) in [5, 5.41) is 10.7. The Labute approximate surface area is 91.3 Å². The SMILES string of the molecule is O=[N+]([O-])c1cccnc1[N-][n+]1ccccc1. The first-order valence-electron chi connectivity index (χ1n) is 4.55. The summed E-state index contributed by atoms with van der Waals surface area (Å²) in [5.74, 6) is 0.0868. The molecule has 0 spiro atoms. The molecule has 0 aromatic carbocycles. The molecule has 16 heavy (non-hydrogen) atoms. The molecule has 2 aromatic rings. The number of aromatic nitrogens is 2. The Kier molecular flexibility index (Phi) is 2.73. The molecular weight excluding hydrogens is 208 g/mol. The third-order valence-corrected chi connectivity index (χ3v) is 1.87. The zero-order valence-electron chi connectivity index (χ0n) is 8.22. The molecule has 0 radical (unpaired) electrons. The first kappa shape index (κ1) is 10.0. The average molecular weight is 216 g/mol. The fraction of sp³-hybridized carbons (Fsp3) is 0. The lowest BCUT2D eigenvalue weighted by molar-refractivity contribution is -0.619. The quantitative estimate of drug-likeness (QED) is 0.445. The molecule has 0 N–H and O–H groups in total. The number of nitrogens with zero attached hydrogens (tertiary/aromatic N) is 4. The molecule has 0 amide bonds. The third kappa shape index (κ3) is 2.11. The maximum Gasteiger partial charge on any atom is 0.273 e. The van der Waals surface area contributed by atoms with Crippen LogP contribution >= 0.6 is 0 Å². The Bertz CT molecular complexity index is 501. The van der Waals surface area contributed by atoms with Crippen molar-refractivity contribution in [2.75, 3.05) is 0 Å². The molecule has 2 aromatic heterocycles. The van der Waals surface area contributed by atoms with Gasteiger partial charge < -0.3 is 4.98 Å². The van der Waals surface area contributed by atoms with Crippen LogP contribution in [0, 0.1) is 10.1 Å². The van der Waals surface area contributed by atoms with Crippen molar-refractivity contribution >= 4 is 11.5 Å². The summed E-state index contributed by atoms with van der Waals surface area (Å²) in [7, 11) is 0. The van der Waals surface area contributed by atoms with E-state index in [9.17, 15) is 10.1 Å². The summed E-state index contributed by atoms with van der Waals surface area (Å²) in [5.41, 5.74) is 3.91. The van der Waals surface area contributed by atoms with Crippen LogP contribution in [0.2, 0.25) is 0 Å². The van der Waals surface area contributed by atoms with E-state index in [4.69, 9.17) is 0 Å². The normalized spacial score (nSPS) is 9.75. The molecule has 6 heteroatoms. The Morgan fingerprint density at radius 1 is 1.25 bits per heavy atom. The van der Waals surface area contributed by atoms with Crippen molar-refractivity contribution in [2.45, 2.75) is 0 Å². The summed E-state index contributed by atoms with van der Waals surface area (Å²) in [6, 6.07) is 8.26. The van der Waals surface area contributed by atoms with E-state index < -0.39 is 4.92 Å². The maximum atomic E-state index is 10.7. The summed E-state index contributed by atoms with van der Waals surface area (Å²) < 4.78 is 1.47. The zero-order valence-corrected chi connectivity index (χ0v) is 8.22. The van der Waals surface area contributed by atoms with Crippen molar-refractivity contribution in [3.63, 3.8) is 0 Å². The Hall–Kier alpha value is -2.50.